The van der Waals surface area contributed by atoms with Gasteiger partial charge in [0.1, 0.15) is 17.8 Å². The van der Waals surface area contributed by atoms with Crippen LogP contribution in [0.1, 0.15) is 50.6 Å². The number of rotatable bonds is 8. The van der Waals surface area contributed by atoms with E-state index in [9.17, 15) is 22.7 Å². The Morgan fingerprint density at radius 2 is 1.94 bits per heavy atom. The summed E-state index contributed by atoms with van der Waals surface area (Å²) in [5.74, 6) is 1.31. The van der Waals surface area contributed by atoms with Gasteiger partial charge in [0.25, 0.3) is 0 Å². The minimum absolute atomic E-state index is 0.0102. The molecule has 6 heterocycles. The number of hydrogen-bond donors (Lipinski definition) is 2. The second-order valence-electron chi connectivity index (χ2n) is 14.1. The minimum atomic E-state index is -3.28. The van der Waals surface area contributed by atoms with E-state index in [0.29, 0.717) is 50.2 Å². The number of carbonyl (C=O) groups excluding carboxylic acids is 1. The van der Waals surface area contributed by atoms with Crippen molar-refractivity contribution in [3.63, 3.8) is 0 Å². The number of anilines is 4. The second-order valence-corrected chi connectivity index (χ2v) is 16.4. The molecule has 1 aromatic carbocycles. The fourth-order valence-corrected chi connectivity index (χ4v) is 10.4. The molecule has 2 N–H and O–H groups in total. The molecule has 0 aliphatic carbocycles. The Morgan fingerprint density at radius 3 is 2.69 bits per heavy atom. The van der Waals surface area contributed by atoms with E-state index in [-0.39, 0.29) is 43.0 Å². The van der Waals surface area contributed by atoms with Gasteiger partial charge in [-0.1, -0.05) is 12.6 Å². The van der Waals surface area contributed by atoms with Crippen molar-refractivity contribution in [3.05, 3.63) is 54.9 Å². The standard InChI is InChI=1S/C35H44FN7O5S/c1-4-33(44)43-13-5-6-28(43)23-7-8-27(42-19-22(20-42)30-17-35(2,45)11-15-49(30,46)47)25-18-38-32(16-24(23)25)39-31-9-12-37-34(40-31)41-14-10-29(48-3)26(36)21-41/h4,7-9,12,16,18,22,26,28-30,45H,1,5-6,10-11,13-15,17,19-21H2,2-3H3,(H,37,38,39,40)/t26-,28-,29+,30-,35+/m0/s1. The zero-order valence-corrected chi connectivity index (χ0v) is 28.8. The monoisotopic (exact) mass is 693 g/mol. The Balaban J connectivity index is 1.18. The van der Waals surface area contributed by atoms with Gasteiger partial charge in [-0.15, -0.1) is 0 Å². The number of hydrogen-bond acceptors (Lipinski definition) is 11. The lowest BCUT2D eigenvalue weighted by Crippen LogP contribution is -2.57. The third-order valence-corrected chi connectivity index (χ3v) is 13.0. The van der Waals surface area contributed by atoms with E-state index in [4.69, 9.17) is 9.72 Å². The van der Waals surface area contributed by atoms with Gasteiger partial charge < -0.3 is 29.9 Å². The highest BCUT2D eigenvalue weighted by atomic mass is 32.2. The number of aliphatic hydroxyl groups is 1. The smallest absolute Gasteiger partial charge is 0.246 e. The van der Waals surface area contributed by atoms with Crippen LogP contribution in [-0.2, 0) is 19.4 Å². The molecule has 0 bridgehead atoms. The summed E-state index contributed by atoms with van der Waals surface area (Å²) in [6.07, 6.45) is 5.98. The summed E-state index contributed by atoms with van der Waals surface area (Å²) in [5.41, 5.74) is 0.964. The van der Waals surface area contributed by atoms with Crippen LogP contribution in [0.2, 0.25) is 0 Å². The van der Waals surface area contributed by atoms with Gasteiger partial charge in [-0.25, -0.2) is 22.8 Å². The maximum atomic E-state index is 14.6. The number of nitrogens with one attached hydrogen (secondary N) is 1. The Labute approximate surface area is 286 Å². The quantitative estimate of drug-likeness (QED) is 0.332. The molecule has 49 heavy (non-hydrogen) atoms. The summed E-state index contributed by atoms with van der Waals surface area (Å²) in [7, 11) is -1.76. The fraction of sp³-hybridized carbons (Fsp3) is 0.543. The molecule has 0 unspecified atom stereocenters. The van der Waals surface area contributed by atoms with Crippen molar-refractivity contribution in [1.82, 2.24) is 19.9 Å². The number of benzene rings is 1. The lowest BCUT2D eigenvalue weighted by Gasteiger charge is -2.47. The van der Waals surface area contributed by atoms with Gasteiger partial charge in [-0.05, 0) is 74.3 Å². The summed E-state index contributed by atoms with van der Waals surface area (Å²) in [6.45, 7) is 7.93. The van der Waals surface area contributed by atoms with Crippen molar-refractivity contribution in [3.8, 4) is 0 Å². The predicted octanol–water partition coefficient (Wildman–Crippen LogP) is 3.95. The number of methoxy groups -OCH3 is 1. The number of fused-ring (bicyclic) bond motifs is 1. The van der Waals surface area contributed by atoms with Crippen LogP contribution in [0.5, 0.6) is 0 Å². The van der Waals surface area contributed by atoms with E-state index in [1.165, 1.54) is 13.2 Å². The molecule has 4 saturated heterocycles. The number of halogens is 1. The maximum Gasteiger partial charge on any atom is 0.246 e. The summed E-state index contributed by atoms with van der Waals surface area (Å²) < 4.78 is 45.8. The Morgan fingerprint density at radius 1 is 1.12 bits per heavy atom. The highest BCUT2D eigenvalue weighted by molar-refractivity contribution is 7.92. The molecular formula is C35H44FN7O5S. The van der Waals surface area contributed by atoms with Crippen LogP contribution in [-0.4, -0.2) is 108 Å². The number of alkyl halides is 1. The maximum absolute atomic E-state index is 14.6. The molecular weight excluding hydrogens is 649 g/mol. The average Bonchev–Trinajstić information content (AvgIpc) is 3.55. The summed E-state index contributed by atoms with van der Waals surface area (Å²) in [6, 6.07) is 7.68. The van der Waals surface area contributed by atoms with Gasteiger partial charge in [-0.3, -0.25) is 4.79 Å². The number of piperidine rings is 1. The molecule has 4 aliphatic rings. The van der Waals surface area contributed by atoms with Crippen LogP contribution >= 0.6 is 0 Å². The van der Waals surface area contributed by atoms with E-state index in [2.05, 4.69) is 32.8 Å². The van der Waals surface area contributed by atoms with Gasteiger partial charge in [-0.2, -0.15) is 4.98 Å². The normalized spacial score (nSPS) is 28.8. The van der Waals surface area contributed by atoms with Crippen molar-refractivity contribution in [2.45, 2.75) is 68.2 Å². The first-order chi connectivity index (χ1) is 23.5. The highest BCUT2D eigenvalue weighted by Crippen LogP contribution is 2.43. The van der Waals surface area contributed by atoms with Crippen LogP contribution < -0.4 is 15.1 Å². The predicted molar refractivity (Wildman–Crippen MR) is 187 cm³/mol. The molecule has 0 saturated carbocycles. The molecule has 1 amide bonds. The zero-order chi connectivity index (χ0) is 34.5. The average molecular weight is 694 g/mol. The SMILES string of the molecule is C=CC(=O)N1CCC[C@H]1c1ccc(N2CC([C@@H]3C[C@](C)(O)CCS3(=O)=O)C2)c2cnc(Nc3ccnc(N4CC[C@@H](OC)[C@@H](F)C4)n3)cc12. The minimum Gasteiger partial charge on any atom is -0.390 e. The first-order valence-electron chi connectivity index (χ1n) is 17.0. The zero-order valence-electron chi connectivity index (χ0n) is 28.0. The lowest BCUT2D eigenvalue weighted by molar-refractivity contribution is -0.126. The number of likely N-dealkylation sites (tertiary alicyclic amines) is 1. The van der Waals surface area contributed by atoms with Crippen molar-refractivity contribution in [2.75, 3.05) is 60.7 Å². The molecule has 5 atom stereocenters. The first kappa shape index (κ1) is 33.6. The van der Waals surface area contributed by atoms with Gasteiger partial charge in [0.2, 0.25) is 11.9 Å². The van der Waals surface area contributed by atoms with Crippen molar-refractivity contribution in [2.24, 2.45) is 5.92 Å². The first-order valence-corrected chi connectivity index (χ1v) is 18.7. The number of aromatic nitrogens is 3. The van der Waals surface area contributed by atoms with Crippen molar-refractivity contribution >= 4 is 49.8 Å². The Bertz CT molecular complexity index is 1850. The number of amides is 1. The molecule has 0 radical (unpaired) electrons. The van der Waals surface area contributed by atoms with Gasteiger partial charge in [0.05, 0.1) is 35.3 Å². The van der Waals surface area contributed by atoms with Gasteiger partial charge in [0, 0.05) is 62.7 Å². The lowest BCUT2D eigenvalue weighted by atomic mass is 9.86. The van der Waals surface area contributed by atoms with E-state index in [0.717, 1.165) is 34.9 Å². The van der Waals surface area contributed by atoms with Gasteiger partial charge >= 0.3 is 0 Å². The van der Waals surface area contributed by atoms with Crippen LogP contribution in [0.4, 0.5) is 27.7 Å². The summed E-state index contributed by atoms with van der Waals surface area (Å²) in [5, 5.41) is 15.2. The molecule has 14 heteroatoms. The fourth-order valence-electron chi connectivity index (χ4n) is 7.96. The van der Waals surface area contributed by atoms with Crippen LogP contribution in [0.15, 0.2) is 49.3 Å². The number of ether oxygens (including phenoxy) is 1. The van der Waals surface area contributed by atoms with E-state index in [1.807, 2.05) is 28.1 Å². The molecule has 4 fully saturated rings. The van der Waals surface area contributed by atoms with Crippen molar-refractivity contribution in [1.29, 1.82) is 0 Å². The number of pyridine rings is 1. The Kier molecular flexibility index (Phi) is 8.99. The molecule has 0 spiro atoms. The topological polar surface area (TPSA) is 141 Å². The second kappa shape index (κ2) is 13.1. The molecule has 2 aromatic heterocycles. The third kappa shape index (κ3) is 6.57. The molecule has 3 aromatic rings. The van der Waals surface area contributed by atoms with Crippen LogP contribution in [0.3, 0.4) is 0 Å². The van der Waals surface area contributed by atoms with Gasteiger partial charge in [0.15, 0.2) is 9.84 Å². The molecule has 12 nitrogen and oxygen atoms in total. The highest BCUT2D eigenvalue weighted by Gasteiger charge is 2.47. The van der Waals surface area contributed by atoms with E-state index >= 15 is 0 Å². The number of carbonyl (C=O) groups is 1. The summed E-state index contributed by atoms with van der Waals surface area (Å²) >= 11 is 0. The van der Waals surface area contributed by atoms with Crippen molar-refractivity contribution < 1.29 is 27.4 Å². The van der Waals surface area contributed by atoms with Crippen LogP contribution in [0.25, 0.3) is 10.8 Å². The van der Waals surface area contributed by atoms with Crippen LogP contribution in [0, 0.1) is 5.92 Å². The summed E-state index contributed by atoms with van der Waals surface area (Å²) in [4.78, 5) is 32.5. The molecule has 262 valence electrons. The molecule has 7 rings (SSSR count). The largest absolute Gasteiger partial charge is 0.390 e. The third-order valence-electron chi connectivity index (χ3n) is 10.8. The van der Waals surface area contributed by atoms with E-state index < -0.39 is 33.0 Å². The Hall–Kier alpha value is -3.88. The molecule has 4 aliphatic heterocycles. The van der Waals surface area contributed by atoms with E-state index in [1.54, 1.807) is 19.2 Å². The number of nitrogens with zero attached hydrogens (tertiary/aromatic N) is 6. The number of sulfone groups is 1.